The molecule has 7 nitrogen and oxygen atoms in total. The van der Waals surface area contributed by atoms with Crippen LogP contribution in [0.1, 0.15) is 5.69 Å². The highest BCUT2D eigenvalue weighted by molar-refractivity contribution is 7.19. The Bertz CT molecular complexity index is 946. The van der Waals surface area contributed by atoms with E-state index in [4.69, 9.17) is 16.3 Å². The van der Waals surface area contributed by atoms with E-state index in [9.17, 15) is 0 Å². The molecule has 3 aromatic rings. The van der Waals surface area contributed by atoms with Gasteiger partial charge in [0.1, 0.15) is 0 Å². The van der Waals surface area contributed by atoms with E-state index in [2.05, 4.69) is 25.6 Å². The van der Waals surface area contributed by atoms with Gasteiger partial charge in [0.05, 0.1) is 33.6 Å². The molecule has 0 amide bonds. The van der Waals surface area contributed by atoms with Gasteiger partial charge >= 0.3 is 0 Å². The molecule has 0 aliphatic rings. The van der Waals surface area contributed by atoms with E-state index in [0.29, 0.717) is 24.1 Å². The van der Waals surface area contributed by atoms with Crippen LogP contribution in [0.25, 0.3) is 10.6 Å². The van der Waals surface area contributed by atoms with E-state index in [-0.39, 0.29) is 0 Å². The van der Waals surface area contributed by atoms with E-state index < -0.39 is 0 Å². The topological polar surface area (TPSA) is 75.2 Å². The standard InChI is InChI=1S/C19H23ClN6OS/c1-12-17(28-19(23-12)22-9-10-27-4)15-7-8-21-18(25-15)24-13-5-6-16(26(2)3)14(20)11-13/h5-8,11H,9-10H2,1-4H3,(H,22,23)(H,21,24,25). The minimum Gasteiger partial charge on any atom is -0.383 e. The second kappa shape index (κ2) is 9.18. The van der Waals surface area contributed by atoms with E-state index in [1.807, 2.05) is 50.2 Å². The highest BCUT2D eigenvalue weighted by Gasteiger charge is 2.12. The second-order valence-electron chi connectivity index (χ2n) is 6.30. The third-order valence-electron chi connectivity index (χ3n) is 3.95. The van der Waals surface area contributed by atoms with E-state index >= 15 is 0 Å². The van der Waals surface area contributed by atoms with Crippen LogP contribution >= 0.6 is 22.9 Å². The van der Waals surface area contributed by atoms with Crippen LogP contribution in [-0.2, 0) is 4.74 Å². The Morgan fingerprint density at radius 2 is 2.04 bits per heavy atom. The number of benzene rings is 1. The van der Waals surface area contributed by atoms with Crippen LogP contribution in [0.15, 0.2) is 30.5 Å². The van der Waals surface area contributed by atoms with Crippen molar-refractivity contribution >= 4 is 45.4 Å². The number of hydrogen-bond acceptors (Lipinski definition) is 8. The fourth-order valence-electron chi connectivity index (χ4n) is 2.59. The predicted octanol–water partition coefficient (Wildman–Crippen LogP) is 4.43. The van der Waals surface area contributed by atoms with Crippen LogP contribution in [0, 0.1) is 6.92 Å². The molecular formula is C19H23ClN6OS. The number of halogens is 1. The second-order valence-corrected chi connectivity index (χ2v) is 7.71. The number of thiazole rings is 1. The summed E-state index contributed by atoms with van der Waals surface area (Å²) in [6, 6.07) is 7.66. The average Bonchev–Trinajstić information content (AvgIpc) is 3.02. The zero-order valence-corrected chi connectivity index (χ0v) is 17.9. The summed E-state index contributed by atoms with van der Waals surface area (Å²) in [6.45, 7) is 3.32. The number of methoxy groups -OCH3 is 1. The van der Waals surface area contributed by atoms with Crippen LogP contribution in [-0.4, -0.2) is 49.3 Å². The zero-order valence-electron chi connectivity index (χ0n) is 16.3. The molecule has 2 N–H and O–H groups in total. The smallest absolute Gasteiger partial charge is 0.227 e. The van der Waals surface area contributed by atoms with Gasteiger partial charge in [-0.25, -0.2) is 15.0 Å². The number of aromatic nitrogens is 3. The maximum atomic E-state index is 6.35. The summed E-state index contributed by atoms with van der Waals surface area (Å²) in [5, 5.41) is 7.99. The lowest BCUT2D eigenvalue weighted by Gasteiger charge is -2.15. The molecule has 0 unspecified atom stereocenters. The summed E-state index contributed by atoms with van der Waals surface area (Å²) in [6.07, 6.45) is 1.73. The number of nitrogens with zero attached hydrogens (tertiary/aromatic N) is 4. The summed E-state index contributed by atoms with van der Waals surface area (Å²) in [5.41, 5.74) is 3.53. The number of ether oxygens (including phenoxy) is 1. The monoisotopic (exact) mass is 418 g/mol. The van der Waals surface area contributed by atoms with E-state index in [1.54, 1.807) is 24.6 Å². The van der Waals surface area contributed by atoms with Gasteiger partial charge in [0.25, 0.3) is 0 Å². The van der Waals surface area contributed by atoms with Gasteiger partial charge in [0.2, 0.25) is 5.95 Å². The normalized spacial score (nSPS) is 10.8. The Kier molecular flexibility index (Phi) is 6.66. The van der Waals surface area contributed by atoms with Crippen LogP contribution in [0.4, 0.5) is 22.5 Å². The van der Waals surface area contributed by atoms with Crippen molar-refractivity contribution in [1.82, 2.24) is 15.0 Å². The fraction of sp³-hybridized carbons (Fsp3) is 0.316. The summed E-state index contributed by atoms with van der Waals surface area (Å²) < 4.78 is 5.06. The molecular weight excluding hydrogens is 396 g/mol. The van der Waals surface area contributed by atoms with Crippen molar-refractivity contribution in [2.45, 2.75) is 6.92 Å². The van der Waals surface area contributed by atoms with Crippen molar-refractivity contribution in [3.05, 3.63) is 41.2 Å². The molecule has 0 aliphatic carbocycles. The number of aryl methyl sites for hydroxylation is 1. The third-order valence-corrected chi connectivity index (χ3v) is 5.39. The molecule has 1 aromatic carbocycles. The van der Waals surface area contributed by atoms with E-state index in [1.165, 1.54) is 0 Å². The van der Waals surface area contributed by atoms with Crippen molar-refractivity contribution < 1.29 is 4.74 Å². The Morgan fingerprint density at radius 1 is 1.21 bits per heavy atom. The molecule has 0 saturated carbocycles. The molecule has 148 valence electrons. The summed E-state index contributed by atoms with van der Waals surface area (Å²) >= 11 is 7.91. The molecule has 2 heterocycles. The first-order chi connectivity index (χ1) is 13.5. The molecule has 0 saturated heterocycles. The number of nitrogens with one attached hydrogen (secondary N) is 2. The van der Waals surface area contributed by atoms with Gasteiger partial charge in [-0.15, -0.1) is 0 Å². The highest BCUT2D eigenvalue weighted by Crippen LogP contribution is 2.32. The SMILES string of the molecule is COCCNc1nc(C)c(-c2ccnc(Nc3ccc(N(C)C)c(Cl)c3)n2)s1. The first kappa shape index (κ1) is 20.3. The van der Waals surface area contributed by atoms with Gasteiger partial charge in [0.15, 0.2) is 5.13 Å². The third kappa shape index (κ3) is 4.89. The van der Waals surface area contributed by atoms with Gasteiger partial charge in [-0.2, -0.15) is 0 Å². The number of rotatable bonds is 8. The van der Waals surface area contributed by atoms with Crippen molar-refractivity contribution in [2.24, 2.45) is 0 Å². The first-order valence-electron chi connectivity index (χ1n) is 8.75. The minimum atomic E-state index is 0.507. The van der Waals surface area contributed by atoms with Crippen molar-refractivity contribution in [3.63, 3.8) is 0 Å². The minimum absolute atomic E-state index is 0.507. The molecule has 2 aromatic heterocycles. The largest absolute Gasteiger partial charge is 0.383 e. The van der Waals surface area contributed by atoms with Gasteiger partial charge in [-0.3, -0.25) is 0 Å². The molecule has 0 atom stereocenters. The van der Waals surface area contributed by atoms with E-state index in [0.717, 1.165) is 32.8 Å². The lowest BCUT2D eigenvalue weighted by atomic mass is 10.2. The first-order valence-corrected chi connectivity index (χ1v) is 9.95. The van der Waals surface area contributed by atoms with Crippen molar-refractivity contribution in [1.29, 1.82) is 0 Å². The molecule has 3 rings (SSSR count). The number of hydrogen-bond donors (Lipinski definition) is 2. The Labute approximate surface area is 173 Å². The van der Waals surface area contributed by atoms with Crippen LogP contribution in [0.5, 0.6) is 0 Å². The van der Waals surface area contributed by atoms with Crippen molar-refractivity contribution in [2.75, 3.05) is 49.9 Å². The number of anilines is 4. The molecule has 9 heteroatoms. The summed E-state index contributed by atoms with van der Waals surface area (Å²) in [5.74, 6) is 0.507. The van der Waals surface area contributed by atoms with Crippen LogP contribution in [0.3, 0.4) is 0 Å². The van der Waals surface area contributed by atoms with Gasteiger partial charge < -0.3 is 20.3 Å². The average molecular weight is 419 g/mol. The summed E-state index contributed by atoms with van der Waals surface area (Å²) in [4.78, 5) is 16.5. The van der Waals surface area contributed by atoms with Crippen molar-refractivity contribution in [3.8, 4) is 10.6 Å². The molecule has 0 bridgehead atoms. The van der Waals surface area contributed by atoms with Gasteiger partial charge in [0, 0.05) is 39.6 Å². The highest BCUT2D eigenvalue weighted by atomic mass is 35.5. The molecule has 0 aliphatic heterocycles. The molecule has 0 fully saturated rings. The maximum absolute atomic E-state index is 6.35. The molecule has 0 spiro atoms. The van der Waals surface area contributed by atoms with Crippen LogP contribution < -0.4 is 15.5 Å². The Hall–Kier alpha value is -2.42. The van der Waals surface area contributed by atoms with Gasteiger partial charge in [-0.05, 0) is 31.2 Å². The van der Waals surface area contributed by atoms with Crippen LogP contribution in [0.2, 0.25) is 5.02 Å². The fourth-order valence-corrected chi connectivity index (χ4v) is 3.90. The molecule has 0 radical (unpaired) electrons. The summed E-state index contributed by atoms with van der Waals surface area (Å²) in [7, 11) is 5.59. The quantitative estimate of drug-likeness (QED) is 0.524. The Morgan fingerprint density at radius 3 is 2.75 bits per heavy atom. The Balaban J connectivity index is 1.78. The lowest BCUT2D eigenvalue weighted by Crippen LogP contribution is -2.09. The predicted molar refractivity (Wildman–Crippen MR) is 117 cm³/mol. The maximum Gasteiger partial charge on any atom is 0.227 e. The lowest BCUT2D eigenvalue weighted by molar-refractivity contribution is 0.211. The zero-order chi connectivity index (χ0) is 20.1. The molecule has 28 heavy (non-hydrogen) atoms. The van der Waals surface area contributed by atoms with Gasteiger partial charge in [-0.1, -0.05) is 22.9 Å².